The van der Waals surface area contributed by atoms with Crippen LogP contribution in [0.15, 0.2) is 24.4 Å². The average Bonchev–Trinajstić information content (AvgIpc) is 3.01. The van der Waals surface area contributed by atoms with Gasteiger partial charge in [0.2, 0.25) is 0 Å². The summed E-state index contributed by atoms with van der Waals surface area (Å²) in [6.07, 6.45) is -3.21. The zero-order chi connectivity index (χ0) is 21.5. The summed E-state index contributed by atoms with van der Waals surface area (Å²) in [7, 11) is 0. The molecule has 6 heteroatoms. The number of rotatable bonds is 4. The highest BCUT2D eigenvalue weighted by Gasteiger charge is 2.32. The van der Waals surface area contributed by atoms with Crippen molar-refractivity contribution in [2.45, 2.75) is 71.4 Å². The van der Waals surface area contributed by atoms with Gasteiger partial charge < -0.3 is 10.1 Å². The van der Waals surface area contributed by atoms with Crippen molar-refractivity contribution in [2.24, 2.45) is 0 Å². The van der Waals surface area contributed by atoms with Gasteiger partial charge in [-0.15, -0.1) is 0 Å². The molecule has 1 aromatic heterocycles. The van der Waals surface area contributed by atoms with E-state index in [0.717, 1.165) is 29.0 Å². The number of halogens is 3. The zero-order valence-corrected chi connectivity index (χ0v) is 17.2. The largest absolute Gasteiger partial charge is 0.507 e. The van der Waals surface area contributed by atoms with Crippen LogP contribution >= 0.6 is 0 Å². The monoisotopic (exact) mass is 395 g/mol. The molecule has 154 valence electrons. The van der Waals surface area contributed by atoms with Crippen molar-refractivity contribution in [3.63, 3.8) is 0 Å². The second-order valence-electron chi connectivity index (χ2n) is 9.26. The number of nitrogens with one attached hydrogen (secondary N) is 1. The lowest BCUT2D eigenvalue weighted by atomic mass is 9.78. The molecule has 0 atom stereocenters. The van der Waals surface area contributed by atoms with Gasteiger partial charge in [-0.3, -0.25) is 4.79 Å². The van der Waals surface area contributed by atoms with E-state index < -0.39 is 11.7 Å². The number of hydrogen-bond donors (Lipinski definition) is 2. The number of ketones is 1. The summed E-state index contributed by atoms with van der Waals surface area (Å²) in [5.41, 5.74) is 0.992. The standard InChI is InChI=1S/C22H28F3NO2/c1-20(2,3)15-9-13(10-16(19(15)28)21(4,5)6)7-8-18(27)17-11-14(12-26-17)22(23,24)25/h9-12,26,28H,7-8H2,1-6H3. The van der Waals surface area contributed by atoms with Gasteiger partial charge in [0.1, 0.15) is 5.75 Å². The van der Waals surface area contributed by atoms with Gasteiger partial charge in [-0.1, -0.05) is 53.7 Å². The van der Waals surface area contributed by atoms with Crippen molar-refractivity contribution < 1.29 is 23.1 Å². The lowest BCUT2D eigenvalue weighted by Gasteiger charge is -2.28. The molecular weight excluding hydrogens is 367 g/mol. The molecule has 1 aromatic carbocycles. The van der Waals surface area contributed by atoms with Crippen LogP contribution in [0.3, 0.4) is 0 Å². The van der Waals surface area contributed by atoms with E-state index in [9.17, 15) is 23.1 Å². The summed E-state index contributed by atoms with van der Waals surface area (Å²) in [4.78, 5) is 14.8. The number of carbonyl (C=O) groups is 1. The third kappa shape index (κ3) is 4.97. The van der Waals surface area contributed by atoms with Crippen LogP contribution in [0.25, 0.3) is 0 Å². The van der Waals surface area contributed by atoms with Crippen LogP contribution in [-0.4, -0.2) is 15.9 Å². The Labute approximate surface area is 164 Å². The maximum atomic E-state index is 12.7. The van der Waals surface area contributed by atoms with Crippen molar-refractivity contribution in [2.75, 3.05) is 0 Å². The van der Waals surface area contributed by atoms with Crippen molar-refractivity contribution >= 4 is 5.78 Å². The van der Waals surface area contributed by atoms with Crippen molar-refractivity contribution in [3.8, 4) is 5.75 Å². The molecule has 0 saturated heterocycles. The minimum absolute atomic E-state index is 0.0433. The number of aromatic nitrogens is 1. The Morgan fingerprint density at radius 2 is 1.46 bits per heavy atom. The van der Waals surface area contributed by atoms with E-state index in [2.05, 4.69) is 4.98 Å². The van der Waals surface area contributed by atoms with E-state index in [1.54, 1.807) is 0 Å². The molecule has 0 aliphatic carbocycles. The summed E-state index contributed by atoms with van der Waals surface area (Å²) in [5, 5.41) is 10.7. The Balaban J connectivity index is 2.29. The van der Waals surface area contributed by atoms with Crippen molar-refractivity contribution in [3.05, 3.63) is 52.3 Å². The predicted octanol–water partition coefficient (Wildman–Crippen LogP) is 6.15. The summed E-state index contributed by atoms with van der Waals surface area (Å²) >= 11 is 0. The second kappa shape index (κ2) is 7.30. The molecule has 2 aromatic rings. The quantitative estimate of drug-likeness (QED) is 0.610. The van der Waals surface area contributed by atoms with E-state index in [4.69, 9.17) is 0 Å². The normalized spacial score (nSPS) is 13.0. The molecule has 0 bridgehead atoms. The summed E-state index contributed by atoms with van der Waals surface area (Å²) in [6.45, 7) is 12.0. The molecule has 2 N–H and O–H groups in total. The van der Waals surface area contributed by atoms with Gasteiger partial charge in [-0.05, 0) is 40.0 Å². The molecular formula is C22H28F3NO2. The van der Waals surface area contributed by atoms with Crippen LogP contribution in [0.2, 0.25) is 0 Å². The smallest absolute Gasteiger partial charge is 0.417 e. The van der Waals surface area contributed by atoms with Gasteiger partial charge in [0.15, 0.2) is 5.78 Å². The van der Waals surface area contributed by atoms with Crippen LogP contribution < -0.4 is 0 Å². The van der Waals surface area contributed by atoms with E-state index in [1.165, 1.54) is 0 Å². The fraction of sp³-hybridized carbons (Fsp3) is 0.500. The van der Waals surface area contributed by atoms with E-state index in [-0.39, 0.29) is 34.5 Å². The highest BCUT2D eigenvalue weighted by atomic mass is 19.4. The SMILES string of the molecule is CC(C)(C)c1cc(CCC(=O)c2cc(C(F)(F)F)c[nH]2)cc(C(C)(C)C)c1O. The molecule has 0 radical (unpaired) electrons. The first-order valence-electron chi connectivity index (χ1n) is 9.26. The molecule has 0 spiro atoms. The summed E-state index contributed by atoms with van der Waals surface area (Å²) in [6, 6.07) is 4.61. The molecule has 0 unspecified atom stereocenters. The predicted molar refractivity (Wildman–Crippen MR) is 104 cm³/mol. The number of phenolic OH excluding ortho intramolecular Hbond substituents is 1. The Morgan fingerprint density at radius 3 is 1.86 bits per heavy atom. The van der Waals surface area contributed by atoms with Crippen LogP contribution in [-0.2, 0) is 23.4 Å². The zero-order valence-electron chi connectivity index (χ0n) is 17.2. The lowest BCUT2D eigenvalue weighted by Crippen LogP contribution is -2.18. The van der Waals surface area contributed by atoms with Gasteiger partial charge in [0.05, 0.1) is 11.3 Å². The third-order valence-corrected chi connectivity index (χ3v) is 4.74. The number of phenols is 1. The van der Waals surface area contributed by atoms with Gasteiger partial charge in [-0.2, -0.15) is 13.2 Å². The average molecular weight is 395 g/mol. The van der Waals surface area contributed by atoms with E-state index in [1.807, 2.05) is 53.7 Å². The van der Waals surface area contributed by atoms with Gasteiger partial charge in [0, 0.05) is 12.6 Å². The number of benzene rings is 1. The number of aryl methyl sites for hydroxylation is 1. The Kier molecular flexibility index (Phi) is 5.75. The van der Waals surface area contributed by atoms with Gasteiger partial charge in [-0.25, -0.2) is 0 Å². The summed E-state index contributed by atoms with van der Waals surface area (Å²) < 4.78 is 38.1. The Hall–Kier alpha value is -2.24. The van der Waals surface area contributed by atoms with E-state index >= 15 is 0 Å². The fourth-order valence-corrected chi connectivity index (χ4v) is 3.09. The van der Waals surface area contributed by atoms with Crippen LogP contribution in [0.4, 0.5) is 13.2 Å². The van der Waals surface area contributed by atoms with Gasteiger partial charge in [0.25, 0.3) is 0 Å². The van der Waals surface area contributed by atoms with Crippen molar-refractivity contribution in [1.29, 1.82) is 0 Å². The minimum atomic E-state index is -4.48. The molecule has 0 saturated carbocycles. The first kappa shape index (κ1) is 22.1. The van der Waals surface area contributed by atoms with Crippen LogP contribution in [0.5, 0.6) is 5.75 Å². The van der Waals surface area contributed by atoms with Gasteiger partial charge >= 0.3 is 6.18 Å². The minimum Gasteiger partial charge on any atom is -0.507 e. The Bertz CT molecular complexity index is 830. The molecule has 3 nitrogen and oxygen atoms in total. The maximum Gasteiger partial charge on any atom is 0.417 e. The van der Waals surface area contributed by atoms with Crippen LogP contribution in [0, 0.1) is 0 Å². The number of H-pyrrole nitrogens is 1. The number of hydrogen-bond acceptors (Lipinski definition) is 2. The Morgan fingerprint density at radius 1 is 0.964 bits per heavy atom. The second-order valence-corrected chi connectivity index (χ2v) is 9.26. The highest BCUT2D eigenvalue weighted by Crippen LogP contribution is 2.40. The molecule has 0 amide bonds. The molecule has 1 heterocycles. The number of aromatic hydroxyl groups is 1. The van der Waals surface area contributed by atoms with Crippen molar-refractivity contribution in [1.82, 2.24) is 4.98 Å². The molecule has 0 aliphatic rings. The van der Waals surface area contributed by atoms with Crippen LogP contribution in [0.1, 0.15) is 80.7 Å². The number of carbonyl (C=O) groups excluding carboxylic acids is 1. The fourth-order valence-electron chi connectivity index (χ4n) is 3.09. The number of aromatic amines is 1. The topological polar surface area (TPSA) is 53.1 Å². The number of Topliss-reactive ketones (excluding diaryl/α,β-unsaturated/α-hetero) is 1. The first-order chi connectivity index (χ1) is 12.6. The number of alkyl halides is 3. The molecule has 0 fully saturated rings. The molecule has 0 aliphatic heterocycles. The maximum absolute atomic E-state index is 12.7. The third-order valence-electron chi connectivity index (χ3n) is 4.74. The lowest BCUT2D eigenvalue weighted by molar-refractivity contribution is -0.137. The molecule has 2 rings (SSSR count). The van der Waals surface area contributed by atoms with E-state index in [0.29, 0.717) is 6.42 Å². The summed E-state index contributed by atoms with van der Waals surface area (Å²) in [5.74, 6) is -0.118. The highest BCUT2D eigenvalue weighted by molar-refractivity contribution is 5.94. The molecule has 28 heavy (non-hydrogen) atoms. The first-order valence-corrected chi connectivity index (χ1v) is 9.26.